The first kappa shape index (κ1) is 22.9. The number of carbonyl (C=O) groups is 1. The van der Waals surface area contributed by atoms with E-state index in [1.807, 2.05) is 44.7 Å². The molecule has 3 aromatic heterocycles. The summed E-state index contributed by atoms with van der Waals surface area (Å²) in [6.45, 7) is 2.64. The zero-order valence-electron chi connectivity index (χ0n) is 19.3. The van der Waals surface area contributed by atoms with Crippen LogP contribution in [-0.4, -0.2) is 37.0 Å². The Morgan fingerprint density at radius 2 is 1.71 bits per heavy atom. The van der Waals surface area contributed by atoms with Crippen LogP contribution in [0, 0.1) is 11.3 Å². The summed E-state index contributed by atoms with van der Waals surface area (Å²) in [4.78, 5) is 17.6. The predicted molar refractivity (Wildman–Crippen MR) is 129 cm³/mol. The zero-order valence-corrected chi connectivity index (χ0v) is 19.3. The summed E-state index contributed by atoms with van der Waals surface area (Å²) in [6.07, 6.45) is 8.90. The van der Waals surface area contributed by atoms with Crippen LogP contribution in [0.2, 0.25) is 0 Å². The van der Waals surface area contributed by atoms with Gasteiger partial charge in [0.2, 0.25) is 5.91 Å². The van der Waals surface area contributed by atoms with Crippen molar-refractivity contribution in [3.63, 3.8) is 0 Å². The van der Waals surface area contributed by atoms with E-state index in [2.05, 4.69) is 38.8 Å². The van der Waals surface area contributed by atoms with Crippen molar-refractivity contribution in [1.82, 2.24) is 29.9 Å². The largest absolute Gasteiger partial charge is 0.309 e. The molecule has 2 N–H and O–H groups in total. The molecule has 0 saturated carbocycles. The molecule has 34 heavy (non-hydrogen) atoms. The van der Waals surface area contributed by atoms with Crippen molar-refractivity contribution in [2.24, 2.45) is 14.1 Å². The van der Waals surface area contributed by atoms with Crippen LogP contribution in [0.3, 0.4) is 0 Å². The second-order valence-corrected chi connectivity index (χ2v) is 8.25. The van der Waals surface area contributed by atoms with Gasteiger partial charge in [-0.25, -0.2) is 4.98 Å². The fourth-order valence-electron chi connectivity index (χ4n) is 3.66. The van der Waals surface area contributed by atoms with Gasteiger partial charge in [-0.1, -0.05) is 19.1 Å². The molecule has 1 aromatic carbocycles. The van der Waals surface area contributed by atoms with E-state index >= 15 is 0 Å². The number of aromatic nitrogens is 5. The minimum absolute atomic E-state index is 0.136. The van der Waals surface area contributed by atoms with Crippen molar-refractivity contribution in [1.29, 1.82) is 5.26 Å². The third kappa shape index (κ3) is 5.36. The van der Waals surface area contributed by atoms with Crippen LogP contribution in [0.5, 0.6) is 0 Å². The average molecular weight is 455 g/mol. The highest BCUT2D eigenvalue weighted by atomic mass is 16.2. The number of aryl methyl sites for hydroxylation is 2. The van der Waals surface area contributed by atoms with Crippen LogP contribution in [0.15, 0.2) is 67.4 Å². The molecular weight excluding hydrogens is 428 g/mol. The molecule has 0 spiro atoms. The topological polar surface area (TPSA) is 113 Å². The first-order valence-electron chi connectivity index (χ1n) is 10.9. The van der Waals surface area contributed by atoms with Crippen LogP contribution < -0.4 is 10.6 Å². The molecule has 0 radical (unpaired) electrons. The number of hydrogen-bond acceptors (Lipinski definition) is 6. The molecule has 0 aliphatic rings. The van der Waals surface area contributed by atoms with Crippen LogP contribution in [-0.2, 0) is 18.9 Å². The third-order valence-corrected chi connectivity index (χ3v) is 5.61. The molecule has 9 heteroatoms. The summed E-state index contributed by atoms with van der Waals surface area (Å²) in [7, 11) is 3.68. The van der Waals surface area contributed by atoms with E-state index in [-0.39, 0.29) is 11.8 Å². The molecule has 4 rings (SSSR count). The average Bonchev–Trinajstić information content (AvgIpc) is 3.48. The second kappa shape index (κ2) is 10.1. The first-order valence-corrected chi connectivity index (χ1v) is 10.9. The number of amides is 1. The molecule has 0 aliphatic carbocycles. The van der Waals surface area contributed by atoms with Crippen molar-refractivity contribution in [2.45, 2.75) is 18.9 Å². The number of benzene rings is 1. The van der Waals surface area contributed by atoms with Crippen molar-refractivity contribution in [3.05, 3.63) is 84.1 Å². The molecule has 0 fully saturated rings. The van der Waals surface area contributed by atoms with E-state index in [4.69, 9.17) is 5.26 Å². The van der Waals surface area contributed by atoms with Crippen molar-refractivity contribution < 1.29 is 4.79 Å². The summed E-state index contributed by atoms with van der Waals surface area (Å²) in [5.41, 5.74) is 4.35. The minimum atomic E-state index is -0.602. The Bertz CT molecular complexity index is 1300. The van der Waals surface area contributed by atoms with Crippen LogP contribution in [0.1, 0.15) is 35.6 Å². The van der Waals surface area contributed by atoms with Crippen LogP contribution in [0.4, 0.5) is 5.82 Å². The number of carbonyl (C=O) groups excluding carboxylic acids is 1. The van der Waals surface area contributed by atoms with E-state index in [1.54, 1.807) is 46.2 Å². The maximum Gasteiger partial charge on any atom is 0.247 e. The first-order chi connectivity index (χ1) is 16.4. The van der Waals surface area contributed by atoms with Gasteiger partial charge >= 0.3 is 0 Å². The van der Waals surface area contributed by atoms with Gasteiger partial charge < -0.3 is 10.6 Å². The molecule has 0 bridgehead atoms. The summed E-state index contributed by atoms with van der Waals surface area (Å²) < 4.78 is 3.40. The number of pyridine rings is 1. The monoisotopic (exact) mass is 454 g/mol. The fraction of sp³-hybridized carbons (Fsp3) is 0.240. The Morgan fingerprint density at radius 1 is 0.971 bits per heavy atom. The molecule has 0 aliphatic heterocycles. The number of nitriles is 1. The lowest BCUT2D eigenvalue weighted by Gasteiger charge is -2.20. The van der Waals surface area contributed by atoms with Crippen LogP contribution in [0.25, 0.3) is 11.1 Å². The van der Waals surface area contributed by atoms with Gasteiger partial charge in [-0.2, -0.15) is 15.5 Å². The van der Waals surface area contributed by atoms with E-state index in [0.717, 1.165) is 22.3 Å². The smallest absolute Gasteiger partial charge is 0.247 e. The minimum Gasteiger partial charge on any atom is -0.309 e. The molecule has 172 valence electrons. The standard InChI is InChI=1S/C25H26N8O/c1-17(19-6-4-18(10-26)5-7-19)11-28-24(22-14-30-33(3)16-22)25(34)31-23-9-8-20(12-27-23)21-13-29-32(2)15-21/h4-9,12-17,24,28H,11H2,1-3H3,(H,27,31,34)/t17-,24+/m0/s1. The predicted octanol–water partition coefficient (Wildman–Crippen LogP) is 3.16. The molecule has 9 nitrogen and oxygen atoms in total. The Kier molecular flexibility index (Phi) is 6.80. The van der Waals surface area contributed by atoms with Gasteiger partial charge in [-0.15, -0.1) is 0 Å². The van der Waals surface area contributed by atoms with Gasteiger partial charge in [0.25, 0.3) is 0 Å². The quantitative estimate of drug-likeness (QED) is 0.423. The summed E-state index contributed by atoms with van der Waals surface area (Å²) in [6, 6.07) is 12.7. The lowest BCUT2D eigenvalue weighted by Crippen LogP contribution is -2.35. The highest BCUT2D eigenvalue weighted by Crippen LogP contribution is 2.21. The zero-order chi connectivity index (χ0) is 24.1. The number of nitrogens with zero attached hydrogens (tertiary/aromatic N) is 6. The Labute approximate surface area is 198 Å². The molecular formula is C25H26N8O. The molecule has 3 heterocycles. The van der Waals surface area contributed by atoms with Gasteiger partial charge in [0.05, 0.1) is 24.0 Å². The lowest BCUT2D eigenvalue weighted by atomic mass is 9.99. The van der Waals surface area contributed by atoms with Gasteiger partial charge in [0.1, 0.15) is 11.9 Å². The summed E-state index contributed by atoms with van der Waals surface area (Å²) >= 11 is 0. The maximum absolute atomic E-state index is 13.2. The van der Waals surface area contributed by atoms with Crippen LogP contribution >= 0.6 is 0 Å². The Balaban J connectivity index is 1.45. The second-order valence-electron chi connectivity index (χ2n) is 8.25. The molecule has 0 saturated heterocycles. The highest BCUT2D eigenvalue weighted by molar-refractivity contribution is 5.94. The normalized spacial score (nSPS) is 12.6. The van der Waals surface area contributed by atoms with E-state index < -0.39 is 6.04 Å². The van der Waals surface area contributed by atoms with Crippen molar-refractivity contribution in [2.75, 3.05) is 11.9 Å². The molecule has 1 amide bonds. The number of hydrogen-bond donors (Lipinski definition) is 2. The van der Waals surface area contributed by atoms with Crippen molar-refractivity contribution in [3.8, 4) is 17.2 Å². The molecule has 0 unspecified atom stereocenters. The lowest BCUT2D eigenvalue weighted by molar-refractivity contribution is -0.118. The van der Waals surface area contributed by atoms with E-state index in [9.17, 15) is 4.79 Å². The summed E-state index contributed by atoms with van der Waals surface area (Å²) in [5.74, 6) is 0.381. The van der Waals surface area contributed by atoms with Gasteiger partial charge in [-0.05, 0) is 35.7 Å². The third-order valence-electron chi connectivity index (χ3n) is 5.61. The Morgan fingerprint density at radius 3 is 2.29 bits per heavy atom. The highest BCUT2D eigenvalue weighted by Gasteiger charge is 2.23. The number of nitrogens with one attached hydrogen (secondary N) is 2. The number of anilines is 1. The van der Waals surface area contributed by atoms with Gasteiger partial charge in [0, 0.05) is 55.9 Å². The Hall–Kier alpha value is -4.29. The van der Waals surface area contributed by atoms with Crippen molar-refractivity contribution >= 4 is 11.7 Å². The fourth-order valence-corrected chi connectivity index (χ4v) is 3.66. The summed E-state index contributed by atoms with van der Waals surface area (Å²) in [5, 5.41) is 23.7. The van der Waals surface area contributed by atoms with Gasteiger partial charge in [0.15, 0.2) is 0 Å². The SMILES string of the molecule is C[C@@H](CN[C@@H](C(=O)Nc1ccc(-c2cnn(C)c2)cn1)c1cnn(C)c1)c1ccc(C#N)cc1. The van der Waals surface area contributed by atoms with Gasteiger partial charge in [-0.3, -0.25) is 14.2 Å². The maximum atomic E-state index is 13.2. The molecule has 2 atom stereocenters. The molecule has 4 aromatic rings. The van der Waals surface area contributed by atoms with E-state index in [0.29, 0.717) is 17.9 Å². The number of rotatable bonds is 8. The van der Waals surface area contributed by atoms with E-state index in [1.165, 1.54) is 0 Å².